The lowest BCUT2D eigenvalue weighted by atomic mass is 10.2. The summed E-state index contributed by atoms with van der Waals surface area (Å²) in [5, 5.41) is 11.6. The minimum absolute atomic E-state index is 0.0366. The van der Waals surface area contributed by atoms with Crippen LogP contribution in [0, 0.1) is 3.57 Å². The third kappa shape index (κ3) is 4.52. The van der Waals surface area contributed by atoms with E-state index < -0.39 is 0 Å². The van der Waals surface area contributed by atoms with Crippen LogP contribution in [0.15, 0.2) is 48.5 Å². The van der Waals surface area contributed by atoms with E-state index in [1.54, 1.807) is 0 Å². The lowest BCUT2D eigenvalue weighted by Gasteiger charge is -2.10. The molecule has 0 atom stereocenters. The third-order valence-electron chi connectivity index (χ3n) is 4.70. The standard InChI is InChI=1S/C21H21IN4O2/c22-16-8-10-18(11-9-16)28-14-20(27)23-17-6-4-5-15(13-17)21-25-24-19-7-2-1-3-12-26(19)21/h4-6,8-11,13H,1-3,7,12,14H2,(H,23,27). The Balaban J connectivity index is 1.43. The van der Waals surface area contributed by atoms with Crippen molar-refractivity contribution in [3.8, 4) is 17.1 Å². The van der Waals surface area contributed by atoms with E-state index in [2.05, 4.69) is 42.7 Å². The molecule has 0 unspecified atom stereocenters. The first kappa shape index (κ1) is 18.9. The highest BCUT2D eigenvalue weighted by Gasteiger charge is 2.16. The van der Waals surface area contributed by atoms with Crippen molar-refractivity contribution in [3.63, 3.8) is 0 Å². The molecule has 4 rings (SSSR count). The zero-order valence-electron chi connectivity index (χ0n) is 15.4. The molecule has 1 amide bonds. The Hall–Kier alpha value is -2.42. The summed E-state index contributed by atoms with van der Waals surface area (Å²) in [6, 6.07) is 15.3. The first-order valence-corrected chi connectivity index (χ1v) is 10.5. The van der Waals surface area contributed by atoms with Gasteiger partial charge in [0, 0.05) is 27.8 Å². The van der Waals surface area contributed by atoms with Crippen LogP contribution >= 0.6 is 22.6 Å². The van der Waals surface area contributed by atoms with Gasteiger partial charge in [-0.2, -0.15) is 0 Å². The molecule has 7 heteroatoms. The maximum absolute atomic E-state index is 12.3. The van der Waals surface area contributed by atoms with E-state index >= 15 is 0 Å². The van der Waals surface area contributed by atoms with Crippen molar-refractivity contribution in [2.45, 2.75) is 32.2 Å². The number of rotatable bonds is 5. The molecule has 2 heterocycles. The average molecular weight is 488 g/mol. The van der Waals surface area contributed by atoms with Gasteiger partial charge in [0.15, 0.2) is 12.4 Å². The van der Waals surface area contributed by atoms with Gasteiger partial charge in [0.2, 0.25) is 0 Å². The fourth-order valence-electron chi connectivity index (χ4n) is 3.31. The lowest BCUT2D eigenvalue weighted by Crippen LogP contribution is -2.20. The highest BCUT2D eigenvalue weighted by Crippen LogP contribution is 2.25. The number of carbonyl (C=O) groups is 1. The number of ether oxygens (including phenoxy) is 1. The maximum atomic E-state index is 12.3. The summed E-state index contributed by atoms with van der Waals surface area (Å²) in [5.74, 6) is 2.39. The fourth-order valence-corrected chi connectivity index (χ4v) is 3.67. The highest BCUT2D eigenvalue weighted by atomic mass is 127. The van der Waals surface area contributed by atoms with Crippen LogP contribution in [-0.4, -0.2) is 27.3 Å². The number of fused-ring (bicyclic) bond motifs is 1. The van der Waals surface area contributed by atoms with E-state index in [4.69, 9.17) is 4.74 Å². The number of halogens is 1. The summed E-state index contributed by atoms with van der Waals surface area (Å²) in [4.78, 5) is 12.3. The number of aromatic nitrogens is 3. The van der Waals surface area contributed by atoms with Crippen molar-refractivity contribution < 1.29 is 9.53 Å². The van der Waals surface area contributed by atoms with Gasteiger partial charge in [-0.25, -0.2) is 0 Å². The van der Waals surface area contributed by atoms with Crippen molar-refractivity contribution in [3.05, 3.63) is 57.9 Å². The van der Waals surface area contributed by atoms with Crippen molar-refractivity contribution in [1.82, 2.24) is 14.8 Å². The molecule has 2 aromatic carbocycles. The van der Waals surface area contributed by atoms with Crippen molar-refractivity contribution in [1.29, 1.82) is 0 Å². The minimum atomic E-state index is -0.198. The molecule has 1 N–H and O–H groups in total. The second kappa shape index (κ2) is 8.72. The SMILES string of the molecule is O=C(COc1ccc(I)cc1)Nc1cccc(-c2nnc3n2CCCCC3)c1. The highest BCUT2D eigenvalue weighted by molar-refractivity contribution is 14.1. The summed E-state index contributed by atoms with van der Waals surface area (Å²) in [7, 11) is 0. The minimum Gasteiger partial charge on any atom is -0.484 e. The average Bonchev–Trinajstić information content (AvgIpc) is 2.96. The van der Waals surface area contributed by atoms with Gasteiger partial charge in [0.25, 0.3) is 5.91 Å². The van der Waals surface area contributed by atoms with E-state index in [1.807, 2.05) is 48.5 Å². The maximum Gasteiger partial charge on any atom is 0.262 e. The molecule has 0 saturated carbocycles. The molecule has 28 heavy (non-hydrogen) atoms. The molecular formula is C21H21IN4O2. The summed E-state index contributed by atoms with van der Waals surface area (Å²) in [6.07, 6.45) is 4.50. The largest absolute Gasteiger partial charge is 0.484 e. The van der Waals surface area contributed by atoms with Crippen LogP contribution in [0.4, 0.5) is 5.69 Å². The van der Waals surface area contributed by atoms with Crippen LogP contribution in [-0.2, 0) is 17.8 Å². The monoisotopic (exact) mass is 488 g/mol. The predicted octanol–water partition coefficient (Wildman–Crippen LogP) is 4.29. The molecule has 6 nitrogen and oxygen atoms in total. The van der Waals surface area contributed by atoms with Crippen LogP contribution in [0.1, 0.15) is 25.1 Å². The summed E-state index contributed by atoms with van der Waals surface area (Å²) < 4.78 is 8.87. The van der Waals surface area contributed by atoms with E-state index in [9.17, 15) is 4.79 Å². The molecule has 1 aromatic heterocycles. The molecule has 0 spiro atoms. The smallest absolute Gasteiger partial charge is 0.262 e. The second-order valence-corrected chi connectivity index (χ2v) is 8.02. The Morgan fingerprint density at radius 2 is 1.96 bits per heavy atom. The van der Waals surface area contributed by atoms with Crippen molar-refractivity contribution in [2.24, 2.45) is 0 Å². The Labute approximate surface area is 177 Å². The molecular weight excluding hydrogens is 467 g/mol. The fraction of sp³-hybridized carbons (Fsp3) is 0.286. The van der Waals surface area contributed by atoms with Gasteiger partial charge >= 0.3 is 0 Å². The number of carbonyl (C=O) groups excluding carboxylic acids is 1. The van der Waals surface area contributed by atoms with Crippen LogP contribution < -0.4 is 10.1 Å². The van der Waals surface area contributed by atoms with Gasteiger partial charge < -0.3 is 14.6 Å². The Kier molecular flexibility index (Phi) is 5.90. The normalized spacial score (nSPS) is 13.5. The Morgan fingerprint density at radius 3 is 2.82 bits per heavy atom. The second-order valence-electron chi connectivity index (χ2n) is 6.77. The number of nitrogens with one attached hydrogen (secondary N) is 1. The van der Waals surface area contributed by atoms with Crippen molar-refractivity contribution >= 4 is 34.2 Å². The number of amides is 1. The Morgan fingerprint density at radius 1 is 1.11 bits per heavy atom. The molecule has 0 bridgehead atoms. The quantitative estimate of drug-likeness (QED) is 0.545. The van der Waals surface area contributed by atoms with Crippen molar-refractivity contribution in [2.75, 3.05) is 11.9 Å². The number of benzene rings is 2. The zero-order chi connectivity index (χ0) is 19.3. The van der Waals surface area contributed by atoms with E-state index in [0.717, 1.165) is 52.3 Å². The van der Waals surface area contributed by atoms with Gasteiger partial charge in [-0.05, 0) is 71.8 Å². The molecule has 1 aliphatic rings. The topological polar surface area (TPSA) is 69.0 Å². The summed E-state index contributed by atoms with van der Waals surface area (Å²) in [6.45, 7) is 0.906. The number of hydrogen-bond acceptors (Lipinski definition) is 4. The first-order valence-electron chi connectivity index (χ1n) is 9.40. The number of nitrogens with zero attached hydrogens (tertiary/aromatic N) is 3. The molecule has 0 radical (unpaired) electrons. The Bertz CT molecular complexity index is 969. The number of hydrogen-bond donors (Lipinski definition) is 1. The predicted molar refractivity (Wildman–Crippen MR) is 116 cm³/mol. The van der Waals surface area contributed by atoms with E-state index in [0.29, 0.717) is 5.75 Å². The van der Waals surface area contributed by atoms with Crippen LogP contribution in [0.25, 0.3) is 11.4 Å². The van der Waals surface area contributed by atoms with Gasteiger partial charge in [-0.3, -0.25) is 4.79 Å². The van der Waals surface area contributed by atoms with Crippen LogP contribution in [0.2, 0.25) is 0 Å². The summed E-state index contributed by atoms with van der Waals surface area (Å²) in [5.41, 5.74) is 1.68. The molecule has 0 fully saturated rings. The van der Waals surface area contributed by atoms with Gasteiger partial charge in [0.05, 0.1) is 0 Å². The van der Waals surface area contributed by atoms with E-state index in [1.165, 1.54) is 6.42 Å². The third-order valence-corrected chi connectivity index (χ3v) is 5.42. The lowest BCUT2D eigenvalue weighted by molar-refractivity contribution is -0.118. The molecule has 0 aliphatic carbocycles. The van der Waals surface area contributed by atoms with Gasteiger partial charge in [0.1, 0.15) is 11.6 Å². The van der Waals surface area contributed by atoms with Crippen LogP contribution in [0.5, 0.6) is 5.75 Å². The molecule has 0 saturated heterocycles. The van der Waals surface area contributed by atoms with Gasteiger partial charge in [-0.15, -0.1) is 10.2 Å². The first-order chi connectivity index (χ1) is 13.7. The number of anilines is 1. The molecule has 144 valence electrons. The van der Waals surface area contributed by atoms with E-state index in [-0.39, 0.29) is 12.5 Å². The number of aryl methyl sites for hydroxylation is 1. The molecule has 3 aromatic rings. The van der Waals surface area contributed by atoms with Crippen LogP contribution in [0.3, 0.4) is 0 Å². The molecule has 1 aliphatic heterocycles. The van der Waals surface area contributed by atoms with Gasteiger partial charge in [-0.1, -0.05) is 18.6 Å². The summed E-state index contributed by atoms with van der Waals surface area (Å²) >= 11 is 2.23. The zero-order valence-corrected chi connectivity index (χ0v) is 17.6.